The number of hydrogen-bond acceptors (Lipinski definition) is 3. The number of rotatable bonds is 2. The van der Waals surface area contributed by atoms with Crippen LogP contribution >= 0.6 is 35.0 Å². The molecule has 0 N–H and O–H groups in total. The van der Waals surface area contributed by atoms with E-state index in [2.05, 4.69) is 11.1 Å². The van der Waals surface area contributed by atoms with Gasteiger partial charge in [0.1, 0.15) is 11.1 Å². The van der Waals surface area contributed by atoms with Crippen molar-refractivity contribution in [1.82, 2.24) is 4.98 Å². The monoisotopic (exact) mass is 320 g/mol. The number of halogens is 2. The second-order valence-corrected chi connectivity index (χ2v) is 6.47. The number of fused-ring (bicyclic) bond motifs is 1. The van der Waals surface area contributed by atoms with Gasteiger partial charge in [-0.3, -0.25) is 0 Å². The Labute approximate surface area is 131 Å². The molecule has 5 heteroatoms. The van der Waals surface area contributed by atoms with Crippen LogP contribution in [0.15, 0.2) is 34.2 Å². The van der Waals surface area contributed by atoms with Crippen molar-refractivity contribution in [3.05, 3.63) is 51.1 Å². The normalized spacial score (nSPS) is 13.1. The molecule has 0 amide bonds. The molecule has 2 nitrogen and oxygen atoms in total. The summed E-state index contributed by atoms with van der Waals surface area (Å²) in [5.74, 6) is 0. The van der Waals surface area contributed by atoms with Crippen LogP contribution in [0.3, 0.4) is 0 Å². The predicted molar refractivity (Wildman–Crippen MR) is 81.6 cm³/mol. The van der Waals surface area contributed by atoms with E-state index in [1.165, 1.54) is 17.3 Å². The molecule has 2 aromatic rings. The number of aryl methyl sites for hydroxylation is 2. The first-order chi connectivity index (χ1) is 9.67. The fraction of sp³-hybridized carbons (Fsp3) is 0.200. The van der Waals surface area contributed by atoms with E-state index in [1.54, 1.807) is 12.1 Å². The van der Waals surface area contributed by atoms with Gasteiger partial charge in [0.25, 0.3) is 0 Å². The zero-order valence-electron chi connectivity index (χ0n) is 10.5. The summed E-state index contributed by atoms with van der Waals surface area (Å²) in [5, 5.41) is 11.1. The molecule has 0 aliphatic heterocycles. The lowest BCUT2D eigenvalue weighted by molar-refractivity contribution is 0.891. The Morgan fingerprint density at radius 3 is 2.75 bits per heavy atom. The Hall–Kier alpha value is -1.21. The van der Waals surface area contributed by atoms with Gasteiger partial charge >= 0.3 is 0 Å². The Kier molecular flexibility index (Phi) is 3.89. The molecule has 1 aliphatic carbocycles. The highest BCUT2D eigenvalue weighted by atomic mass is 35.5. The molecule has 0 spiro atoms. The van der Waals surface area contributed by atoms with Crippen LogP contribution in [0.1, 0.15) is 23.2 Å². The van der Waals surface area contributed by atoms with Crippen LogP contribution in [-0.4, -0.2) is 4.98 Å². The van der Waals surface area contributed by atoms with Crippen LogP contribution in [0.4, 0.5) is 0 Å². The minimum atomic E-state index is 0.510. The molecule has 1 aromatic heterocycles. The van der Waals surface area contributed by atoms with Crippen molar-refractivity contribution in [1.29, 1.82) is 5.26 Å². The quantitative estimate of drug-likeness (QED) is 0.789. The molecule has 1 aliphatic rings. The maximum absolute atomic E-state index is 9.28. The average Bonchev–Trinajstić information content (AvgIpc) is 2.89. The summed E-state index contributed by atoms with van der Waals surface area (Å²) in [4.78, 5) is 5.57. The highest BCUT2D eigenvalue weighted by molar-refractivity contribution is 7.99. The maximum atomic E-state index is 9.28. The van der Waals surface area contributed by atoms with E-state index in [0.717, 1.165) is 34.9 Å². The first-order valence-electron chi connectivity index (χ1n) is 6.23. The molecule has 1 aromatic carbocycles. The lowest BCUT2D eigenvalue weighted by Crippen LogP contribution is -1.94. The third-order valence-electron chi connectivity index (χ3n) is 3.24. The van der Waals surface area contributed by atoms with E-state index in [-0.39, 0.29) is 0 Å². The molecule has 1 heterocycles. The second-order valence-electron chi connectivity index (χ2n) is 4.59. The van der Waals surface area contributed by atoms with Gasteiger partial charge in [0, 0.05) is 10.6 Å². The summed E-state index contributed by atoms with van der Waals surface area (Å²) >= 11 is 13.4. The van der Waals surface area contributed by atoms with Gasteiger partial charge in [-0.15, -0.1) is 0 Å². The number of pyridine rings is 1. The van der Waals surface area contributed by atoms with Crippen molar-refractivity contribution in [2.45, 2.75) is 29.2 Å². The van der Waals surface area contributed by atoms with Gasteiger partial charge in [0.05, 0.1) is 15.6 Å². The van der Waals surface area contributed by atoms with E-state index in [1.807, 2.05) is 12.1 Å². The molecule has 0 bridgehead atoms. The van der Waals surface area contributed by atoms with Crippen molar-refractivity contribution in [2.24, 2.45) is 0 Å². The summed E-state index contributed by atoms with van der Waals surface area (Å²) in [7, 11) is 0. The number of nitriles is 1. The van der Waals surface area contributed by atoms with Gasteiger partial charge in [0.15, 0.2) is 0 Å². The number of aromatic nitrogens is 1. The van der Waals surface area contributed by atoms with Crippen LogP contribution in [-0.2, 0) is 12.8 Å². The Morgan fingerprint density at radius 1 is 1.15 bits per heavy atom. The zero-order valence-corrected chi connectivity index (χ0v) is 12.8. The molecule has 0 saturated heterocycles. The number of hydrogen-bond donors (Lipinski definition) is 0. The van der Waals surface area contributed by atoms with Crippen molar-refractivity contribution >= 4 is 35.0 Å². The standard InChI is InChI=1S/C15H10Cl2N2S/c16-12-5-4-11(7-13(12)17)20-15-10(8-18)6-9-2-1-3-14(9)19-15/h4-7H,1-3H2. The number of benzene rings is 1. The van der Waals surface area contributed by atoms with E-state index in [4.69, 9.17) is 23.2 Å². The molecule has 0 unspecified atom stereocenters. The maximum Gasteiger partial charge on any atom is 0.119 e. The molecule has 0 saturated carbocycles. The fourth-order valence-corrected chi connectivity index (χ4v) is 3.53. The van der Waals surface area contributed by atoms with Crippen LogP contribution in [0, 0.1) is 11.3 Å². The van der Waals surface area contributed by atoms with Crippen molar-refractivity contribution in [3.8, 4) is 6.07 Å². The van der Waals surface area contributed by atoms with Gasteiger partial charge in [-0.05, 0) is 49.1 Å². The molecule has 100 valence electrons. The summed E-state index contributed by atoms with van der Waals surface area (Å²) < 4.78 is 0. The zero-order chi connectivity index (χ0) is 14.1. The largest absolute Gasteiger partial charge is 0.244 e. The molecule has 0 atom stereocenters. The van der Waals surface area contributed by atoms with Crippen LogP contribution < -0.4 is 0 Å². The third-order valence-corrected chi connectivity index (χ3v) is 4.98. The van der Waals surface area contributed by atoms with Gasteiger partial charge in [-0.2, -0.15) is 5.26 Å². The topological polar surface area (TPSA) is 36.7 Å². The van der Waals surface area contributed by atoms with Gasteiger partial charge in [-0.1, -0.05) is 35.0 Å². The van der Waals surface area contributed by atoms with E-state index in [0.29, 0.717) is 15.6 Å². The first kappa shape index (κ1) is 13.8. The summed E-state index contributed by atoms with van der Waals surface area (Å²) in [5.41, 5.74) is 2.95. The first-order valence-corrected chi connectivity index (χ1v) is 7.80. The van der Waals surface area contributed by atoms with Crippen LogP contribution in [0.25, 0.3) is 0 Å². The third kappa shape index (κ3) is 2.64. The number of nitrogens with zero attached hydrogens (tertiary/aromatic N) is 2. The lowest BCUT2D eigenvalue weighted by atomic mass is 10.2. The van der Waals surface area contributed by atoms with Crippen LogP contribution in [0.5, 0.6) is 0 Å². The van der Waals surface area contributed by atoms with E-state index < -0.39 is 0 Å². The van der Waals surface area contributed by atoms with Crippen LogP contribution in [0.2, 0.25) is 10.0 Å². The van der Waals surface area contributed by atoms with E-state index in [9.17, 15) is 5.26 Å². The Bertz CT molecular complexity index is 723. The van der Waals surface area contributed by atoms with Gasteiger partial charge < -0.3 is 0 Å². The van der Waals surface area contributed by atoms with Crippen molar-refractivity contribution in [3.63, 3.8) is 0 Å². The molecule has 0 fully saturated rings. The average molecular weight is 321 g/mol. The molecular formula is C15H10Cl2N2S. The van der Waals surface area contributed by atoms with Gasteiger partial charge in [0.2, 0.25) is 0 Å². The smallest absolute Gasteiger partial charge is 0.119 e. The summed E-state index contributed by atoms with van der Waals surface area (Å²) in [6.45, 7) is 0. The second kappa shape index (κ2) is 5.65. The highest BCUT2D eigenvalue weighted by Gasteiger charge is 2.17. The molecule has 3 rings (SSSR count). The SMILES string of the molecule is N#Cc1cc2c(nc1Sc1ccc(Cl)c(Cl)c1)CCC2. The Balaban J connectivity index is 1.98. The van der Waals surface area contributed by atoms with E-state index >= 15 is 0 Å². The van der Waals surface area contributed by atoms with Gasteiger partial charge in [-0.25, -0.2) is 4.98 Å². The predicted octanol–water partition coefficient (Wildman–Crippen LogP) is 4.90. The summed E-state index contributed by atoms with van der Waals surface area (Å²) in [6, 6.07) is 9.63. The van der Waals surface area contributed by atoms with Crippen molar-refractivity contribution < 1.29 is 0 Å². The lowest BCUT2D eigenvalue weighted by Gasteiger charge is -2.07. The fourth-order valence-electron chi connectivity index (χ4n) is 2.26. The molecule has 0 radical (unpaired) electrons. The molecular weight excluding hydrogens is 311 g/mol. The minimum absolute atomic E-state index is 0.510. The molecule has 20 heavy (non-hydrogen) atoms. The van der Waals surface area contributed by atoms with Crippen molar-refractivity contribution in [2.75, 3.05) is 0 Å². The highest BCUT2D eigenvalue weighted by Crippen LogP contribution is 2.35. The summed E-state index contributed by atoms with van der Waals surface area (Å²) in [6.07, 6.45) is 3.14. The minimum Gasteiger partial charge on any atom is -0.244 e. The Morgan fingerprint density at radius 2 is 2.00 bits per heavy atom.